The number of aryl methyl sites for hydroxylation is 1. The Morgan fingerprint density at radius 2 is 1.62 bits per heavy atom. The second kappa shape index (κ2) is 13.8. The van der Waals surface area contributed by atoms with Crippen LogP contribution < -0.4 is 5.32 Å². The number of hydrogen-bond donors (Lipinski definition) is 1. The van der Waals surface area contributed by atoms with Crippen molar-refractivity contribution in [2.75, 3.05) is 5.32 Å². The number of halogens is 4. The largest absolute Gasteiger partial charge is 0.456 e. The van der Waals surface area contributed by atoms with Gasteiger partial charge in [0.25, 0.3) is 5.92 Å². The van der Waals surface area contributed by atoms with Crippen molar-refractivity contribution in [2.24, 2.45) is 0 Å². The molecule has 0 heterocycles. The van der Waals surface area contributed by atoms with Gasteiger partial charge in [-0.25, -0.2) is 18.0 Å². The molecule has 0 radical (unpaired) electrons. The van der Waals surface area contributed by atoms with E-state index in [0.29, 0.717) is 21.7 Å². The number of hydrogen-bond acceptors (Lipinski definition) is 3. The summed E-state index contributed by atoms with van der Waals surface area (Å²) in [7, 11) is 0. The molecule has 1 N–H and O–H groups in total. The van der Waals surface area contributed by atoms with Gasteiger partial charge in [-0.2, -0.15) is 0 Å². The van der Waals surface area contributed by atoms with Crippen LogP contribution in [-0.2, 0) is 16.0 Å². The summed E-state index contributed by atoms with van der Waals surface area (Å²) in [5.41, 5.74) is 5.30. The van der Waals surface area contributed by atoms with Crippen molar-refractivity contribution in [3.63, 3.8) is 0 Å². The maximum Gasteiger partial charge on any atom is 0.338 e. The highest BCUT2D eigenvalue weighted by Crippen LogP contribution is 2.37. The lowest BCUT2D eigenvalue weighted by atomic mass is 9.87. The van der Waals surface area contributed by atoms with Crippen LogP contribution in [0.2, 0.25) is 5.02 Å². The highest BCUT2D eigenvalue weighted by molar-refractivity contribution is 6.30. The van der Waals surface area contributed by atoms with Crippen molar-refractivity contribution >= 4 is 34.7 Å². The minimum Gasteiger partial charge on any atom is -0.456 e. The molecule has 0 saturated carbocycles. The second-order valence-corrected chi connectivity index (χ2v) is 13.4. The Hall–Kier alpha value is -4.36. The van der Waals surface area contributed by atoms with Gasteiger partial charge in [-0.1, -0.05) is 66.2 Å². The predicted molar refractivity (Wildman–Crippen MR) is 181 cm³/mol. The number of ether oxygens (including phenoxy) is 1. The maximum absolute atomic E-state index is 15.4. The molecule has 4 aromatic carbocycles. The zero-order valence-corrected chi connectivity index (χ0v) is 27.6. The lowest BCUT2D eigenvalue weighted by Gasteiger charge is -2.22. The minimum atomic E-state index is -2.69. The van der Waals surface area contributed by atoms with Gasteiger partial charge in [-0.15, -0.1) is 0 Å². The van der Waals surface area contributed by atoms with Gasteiger partial charge in [-0.3, -0.25) is 4.79 Å². The Balaban J connectivity index is 1.40. The fourth-order valence-corrected chi connectivity index (χ4v) is 5.88. The van der Waals surface area contributed by atoms with Gasteiger partial charge in [0.15, 0.2) is 0 Å². The van der Waals surface area contributed by atoms with Gasteiger partial charge in [0, 0.05) is 17.9 Å². The molecule has 0 aliphatic heterocycles. The molecule has 5 rings (SSSR count). The number of amides is 1. The molecule has 4 nitrogen and oxygen atoms in total. The normalized spacial score (nSPS) is 15.0. The number of allylic oxidation sites excluding steroid dienone is 2. The quantitative estimate of drug-likeness (QED) is 0.192. The van der Waals surface area contributed by atoms with E-state index in [2.05, 4.69) is 5.32 Å². The molecule has 1 atom stereocenters. The van der Waals surface area contributed by atoms with Gasteiger partial charge in [0.1, 0.15) is 11.4 Å². The number of carbonyl (C=O) groups excluding carboxylic acids is 2. The Kier molecular flexibility index (Phi) is 9.97. The summed E-state index contributed by atoms with van der Waals surface area (Å²) in [4.78, 5) is 26.4. The Morgan fingerprint density at radius 3 is 2.21 bits per heavy atom. The summed E-state index contributed by atoms with van der Waals surface area (Å²) in [5, 5.41) is 3.36. The molecule has 244 valence electrons. The smallest absolute Gasteiger partial charge is 0.338 e. The Labute approximate surface area is 278 Å². The standard InChI is InChI=1S/C39H37ClF3NO3/c1-24-21-31(40)14-15-32(24)30-13-16-35(34(41)23-30)44-36(45)33(22-25-5-7-29(8-6-25)37(46)47-38(2,3)4)28-11-9-26(10-12-28)27-17-19-39(42,43)20-18-27/h5-17,21,23,33H,18-20,22H2,1-4H3,(H,44,45)/t33-/m1/s1. The molecule has 0 saturated heterocycles. The molecular weight excluding hydrogens is 623 g/mol. The first kappa shape index (κ1) is 34.0. The van der Waals surface area contributed by atoms with E-state index in [1.165, 1.54) is 12.1 Å². The van der Waals surface area contributed by atoms with Crippen LogP contribution in [0.15, 0.2) is 91.0 Å². The van der Waals surface area contributed by atoms with E-state index in [1.54, 1.807) is 69.3 Å². The van der Waals surface area contributed by atoms with Crippen LogP contribution in [-0.4, -0.2) is 23.4 Å². The summed E-state index contributed by atoms with van der Waals surface area (Å²) >= 11 is 6.09. The van der Waals surface area contributed by atoms with Gasteiger partial charge < -0.3 is 10.1 Å². The van der Waals surface area contributed by atoms with E-state index in [9.17, 15) is 18.4 Å². The molecular formula is C39H37ClF3NO3. The first-order valence-electron chi connectivity index (χ1n) is 15.5. The monoisotopic (exact) mass is 659 g/mol. The number of carbonyl (C=O) groups is 2. The molecule has 8 heteroatoms. The van der Waals surface area contributed by atoms with Crippen molar-refractivity contribution in [1.82, 2.24) is 0 Å². The van der Waals surface area contributed by atoms with E-state index >= 15 is 4.39 Å². The fourth-order valence-electron chi connectivity index (χ4n) is 5.65. The van der Waals surface area contributed by atoms with Crippen molar-refractivity contribution in [1.29, 1.82) is 0 Å². The number of alkyl halides is 2. The topological polar surface area (TPSA) is 55.4 Å². The summed E-state index contributed by atoms with van der Waals surface area (Å²) in [6.45, 7) is 7.28. The first-order valence-corrected chi connectivity index (χ1v) is 15.9. The molecule has 0 spiro atoms. The molecule has 0 unspecified atom stereocenters. The molecule has 1 amide bonds. The van der Waals surface area contributed by atoms with Gasteiger partial charge in [0.2, 0.25) is 5.91 Å². The number of benzene rings is 4. The van der Waals surface area contributed by atoms with Crippen LogP contribution in [0.1, 0.15) is 78.6 Å². The Bertz CT molecular complexity index is 1810. The molecule has 0 bridgehead atoms. The predicted octanol–water partition coefficient (Wildman–Crippen LogP) is 10.6. The van der Waals surface area contributed by atoms with Crippen LogP contribution in [0.25, 0.3) is 16.7 Å². The third kappa shape index (κ3) is 8.72. The van der Waals surface area contributed by atoms with Crippen LogP contribution >= 0.6 is 11.6 Å². The number of rotatable bonds is 8. The average Bonchev–Trinajstić information content (AvgIpc) is 3.00. The zero-order valence-electron chi connectivity index (χ0n) is 26.8. The van der Waals surface area contributed by atoms with Crippen LogP contribution in [0.5, 0.6) is 0 Å². The van der Waals surface area contributed by atoms with Gasteiger partial charge in [-0.05, 0) is 116 Å². The zero-order chi connectivity index (χ0) is 33.9. The van der Waals surface area contributed by atoms with Crippen LogP contribution in [0.3, 0.4) is 0 Å². The molecule has 4 aromatic rings. The van der Waals surface area contributed by atoms with Gasteiger partial charge in [0.05, 0.1) is 17.2 Å². The van der Waals surface area contributed by atoms with Crippen LogP contribution in [0, 0.1) is 12.7 Å². The van der Waals surface area contributed by atoms with E-state index in [-0.39, 0.29) is 31.4 Å². The van der Waals surface area contributed by atoms with Crippen molar-refractivity contribution in [3.8, 4) is 11.1 Å². The van der Waals surface area contributed by atoms with Crippen molar-refractivity contribution < 1.29 is 27.5 Å². The fraction of sp³-hybridized carbons (Fsp3) is 0.282. The summed E-state index contributed by atoms with van der Waals surface area (Å²) in [5.74, 6) is -4.86. The average molecular weight is 660 g/mol. The Morgan fingerprint density at radius 1 is 0.936 bits per heavy atom. The third-order valence-electron chi connectivity index (χ3n) is 8.16. The number of nitrogens with one attached hydrogen (secondary N) is 1. The van der Waals surface area contributed by atoms with Crippen molar-refractivity contribution in [2.45, 2.75) is 70.8 Å². The van der Waals surface area contributed by atoms with E-state index in [4.69, 9.17) is 16.3 Å². The highest BCUT2D eigenvalue weighted by atomic mass is 35.5. The minimum absolute atomic E-state index is 0.0422. The number of anilines is 1. The van der Waals surface area contributed by atoms with E-state index < -0.39 is 35.1 Å². The summed E-state index contributed by atoms with van der Waals surface area (Å²) in [6.07, 6.45) is 1.61. The lowest BCUT2D eigenvalue weighted by molar-refractivity contribution is -0.117. The van der Waals surface area contributed by atoms with E-state index in [1.807, 2.05) is 37.3 Å². The molecule has 0 fully saturated rings. The molecule has 1 aliphatic rings. The first-order chi connectivity index (χ1) is 22.2. The van der Waals surface area contributed by atoms with E-state index in [0.717, 1.165) is 27.8 Å². The molecule has 47 heavy (non-hydrogen) atoms. The number of esters is 1. The van der Waals surface area contributed by atoms with Crippen molar-refractivity contribution in [3.05, 3.63) is 130 Å². The summed E-state index contributed by atoms with van der Waals surface area (Å²) in [6, 6.07) is 24.2. The van der Waals surface area contributed by atoms with Crippen LogP contribution in [0.4, 0.5) is 18.9 Å². The second-order valence-electron chi connectivity index (χ2n) is 13.0. The maximum atomic E-state index is 15.4. The third-order valence-corrected chi connectivity index (χ3v) is 8.40. The lowest BCUT2D eigenvalue weighted by Crippen LogP contribution is -2.24. The SMILES string of the molecule is Cc1cc(Cl)ccc1-c1ccc(NC(=O)[C@H](Cc2ccc(C(=O)OC(C)(C)C)cc2)c2ccc(C3=CCC(F)(F)CC3)cc2)c(F)c1. The molecule has 1 aliphatic carbocycles. The summed E-state index contributed by atoms with van der Waals surface area (Å²) < 4.78 is 48.3. The van der Waals surface area contributed by atoms with Gasteiger partial charge >= 0.3 is 5.97 Å². The highest BCUT2D eigenvalue weighted by Gasteiger charge is 2.31. The molecule has 0 aromatic heterocycles.